The summed E-state index contributed by atoms with van der Waals surface area (Å²) in [5.41, 5.74) is 2.29. The minimum atomic E-state index is -0.125. The maximum atomic E-state index is 12.5. The van der Waals surface area contributed by atoms with Gasteiger partial charge in [0.25, 0.3) is 5.91 Å². The van der Waals surface area contributed by atoms with Gasteiger partial charge < -0.3 is 10.1 Å². The van der Waals surface area contributed by atoms with Gasteiger partial charge in [-0.2, -0.15) is 5.10 Å². The third kappa shape index (κ3) is 3.94. The van der Waals surface area contributed by atoms with Crippen LogP contribution in [-0.2, 0) is 9.53 Å². The number of methoxy groups -OCH3 is 1. The van der Waals surface area contributed by atoms with Crippen LogP contribution in [0.25, 0.3) is 17.0 Å². The summed E-state index contributed by atoms with van der Waals surface area (Å²) in [6.45, 7) is 4.88. The van der Waals surface area contributed by atoms with Crippen molar-refractivity contribution in [3.63, 3.8) is 0 Å². The number of rotatable bonds is 6. The number of carbonyl (C=O) groups is 1. The molecule has 0 radical (unpaired) electrons. The Labute approximate surface area is 153 Å². The third-order valence-electron chi connectivity index (χ3n) is 4.29. The highest BCUT2D eigenvalue weighted by molar-refractivity contribution is 6.13. The second-order valence-electron chi connectivity index (χ2n) is 6.97. The first-order valence-electron chi connectivity index (χ1n) is 8.75. The van der Waals surface area contributed by atoms with Crippen LogP contribution in [0.3, 0.4) is 0 Å². The van der Waals surface area contributed by atoms with Crippen LogP contribution in [0.4, 0.5) is 0 Å². The largest absolute Gasteiger partial charge is 0.383 e. The number of likely N-dealkylation sites (N-methyl/N-ethyl adjacent to an activating group) is 1. The number of carbonyl (C=O) groups excluding carboxylic acids is 1. The zero-order chi connectivity index (χ0) is 18.7. The van der Waals surface area contributed by atoms with Crippen LogP contribution in [0.5, 0.6) is 0 Å². The number of aromatic amines is 1. The maximum Gasteiger partial charge on any atom is 0.279 e. The van der Waals surface area contributed by atoms with Crippen molar-refractivity contribution in [3.05, 3.63) is 35.7 Å². The molecule has 2 aromatic rings. The molecular formula is C19H25N5O2. The first-order chi connectivity index (χ1) is 12.5. The van der Waals surface area contributed by atoms with E-state index in [2.05, 4.69) is 34.4 Å². The van der Waals surface area contributed by atoms with Gasteiger partial charge >= 0.3 is 0 Å². The average Bonchev–Trinajstić information content (AvgIpc) is 3.15. The van der Waals surface area contributed by atoms with Crippen LogP contribution in [0.15, 0.2) is 35.1 Å². The number of ether oxygens (including phenoxy) is 1. The van der Waals surface area contributed by atoms with Crippen molar-refractivity contribution in [2.24, 2.45) is 10.9 Å². The van der Waals surface area contributed by atoms with Gasteiger partial charge in [-0.05, 0) is 36.1 Å². The van der Waals surface area contributed by atoms with Gasteiger partial charge in [0, 0.05) is 19.5 Å². The molecule has 0 bridgehead atoms. The molecule has 7 heteroatoms. The van der Waals surface area contributed by atoms with Gasteiger partial charge in [-0.3, -0.25) is 14.8 Å². The van der Waals surface area contributed by atoms with Gasteiger partial charge in [0.1, 0.15) is 5.70 Å². The smallest absolute Gasteiger partial charge is 0.279 e. The lowest BCUT2D eigenvalue weighted by atomic mass is 10.0. The molecule has 0 fully saturated rings. The van der Waals surface area contributed by atoms with E-state index in [9.17, 15) is 4.79 Å². The van der Waals surface area contributed by atoms with Crippen molar-refractivity contribution < 1.29 is 9.53 Å². The second-order valence-corrected chi connectivity index (χ2v) is 6.97. The Morgan fingerprint density at radius 2 is 2.19 bits per heavy atom. The number of hydrogen-bond acceptors (Lipinski definition) is 5. The number of aliphatic imine (C=N–C) groups is 1. The van der Waals surface area contributed by atoms with E-state index < -0.39 is 0 Å². The predicted molar refractivity (Wildman–Crippen MR) is 103 cm³/mol. The van der Waals surface area contributed by atoms with Gasteiger partial charge in [-0.25, -0.2) is 4.99 Å². The predicted octanol–water partition coefficient (Wildman–Crippen LogP) is 2.38. The van der Waals surface area contributed by atoms with Crippen molar-refractivity contribution in [3.8, 4) is 0 Å². The first-order valence-corrected chi connectivity index (χ1v) is 8.75. The topological polar surface area (TPSA) is 82.6 Å². The Morgan fingerprint density at radius 1 is 1.38 bits per heavy atom. The van der Waals surface area contributed by atoms with Crippen molar-refractivity contribution in [2.75, 3.05) is 20.8 Å². The molecule has 7 nitrogen and oxygen atoms in total. The lowest BCUT2D eigenvalue weighted by Crippen LogP contribution is -2.45. The Balaban J connectivity index is 1.82. The highest BCUT2D eigenvalue weighted by Gasteiger charge is 2.28. The number of nitrogens with one attached hydrogen (secondary N) is 2. The maximum absolute atomic E-state index is 12.5. The van der Waals surface area contributed by atoms with Crippen LogP contribution in [0.1, 0.15) is 25.8 Å². The summed E-state index contributed by atoms with van der Waals surface area (Å²) < 4.78 is 5.29. The van der Waals surface area contributed by atoms with E-state index in [0.29, 0.717) is 24.2 Å². The Hall–Kier alpha value is -2.67. The zero-order valence-electron chi connectivity index (χ0n) is 15.6. The summed E-state index contributed by atoms with van der Waals surface area (Å²) in [5.74, 6) is 0.955. The Bertz CT molecular complexity index is 852. The van der Waals surface area contributed by atoms with Crippen molar-refractivity contribution in [1.29, 1.82) is 0 Å². The second kappa shape index (κ2) is 7.70. The molecule has 1 aromatic heterocycles. The van der Waals surface area contributed by atoms with E-state index in [1.807, 2.05) is 18.2 Å². The number of guanidine groups is 1. The quantitative estimate of drug-likeness (QED) is 0.780. The Morgan fingerprint density at radius 3 is 2.92 bits per heavy atom. The van der Waals surface area contributed by atoms with E-state index in [1.165, 1.54) is 0 Å². The molecule has 3 rings (SSSR count). The lowest BCUT2D eigenvalue weighted by Gasteiger charge is -2.23. The van der Waals surface area contributed by atoms with E-state index in [0.717, 1.165) is 22.9 Å². The Kier molecular flexibility index (Phi) is 5.37. The number of hydrogen-bond donors (Lipinski definition) is 2. The molecule has 1 atom stereocenters. The number of H-pyrrole nitrogens is 1. The van der Waals surface area contributed by atoms with Crippen LogP contribution in [0.2, 0.25) is 0 Å². The molecule has 1 unspecified atom stereocenters. The highest BCUT2D eigenvalue weighted by Crippen LogP contribution is 2.20. The fourth-order valence-corrected chi connectivity index (χ4v) is 3.06. The normalized spacial score (nSPS) is 17.4. The number of aromatic nitrogens is 2. The fourth-order valence-electron chi connectivity index (χ4n) is 3.06. The van der Waals surface area contributed by atoms with Crippen LogP contribution in [0, 0.1) is 5.92 Å². The van der Waals surface area contributed by atoms with E-state index >= 15 is 0 Å². The monoisotopic (exact) mass is 355 g/mol. The average molecular weight is 355 g/mol. The lowest BCUT2D eigenvalue weighted by molar-refractivity contribution is -0.121. The molecule has 0 aliphatic carbocycles. The summed E-state index contributed by atoms with van der Waals surface area (Å²) in [7, 11) is 3.41. The van der Waals surface area contributed by atoms with E-state index in [4.69, 9.17) is 4.74 Å². The minimum absolute atomic E-state index is 0.107. The highest BCUT2D eigenvalue weighted by atomic mass is 16.5. The summed E-state index contributed by atoms with van der Waals surface area (Å²) >= 11 is 0. The van der Waals surface area contributed by atoms with Gasteiger partial charge in [-0.1, -0.05) is 19.9 Å². The summed E-state index contributed by atoms with van der Waals surface area (Å²) in [5, 5.41) is 11.3. The van der Waals surface area contributed by atoms with Crippen molar-refractivity contribution in [1.82, 2.24) is 20.4 Å². The number of amides is 1. The SMILES string of the molecule is COCC(CC(C)C)NC1=N/C(=C\c2ccc3[nH]ncc3c2)C(=O)N1C. The van der Waals surface area contributed by atoms with Crippen molar-refractivity contribution >= 4 is 28.8 Å². The summed E-state index contributed by atoms with van der Waals surface area (Å²) in [6, 6.07) is 5.97. The van der Waals surface area contributed by atoms with E-state index in [1.54, 1.807) is 31.3 Å². The minimum Gasteiger partial charge on any atom is -0.383 e. The molecule has 0 saturated heterocycles. The third-order valence-corrected chi connectivity index (χ3v) is 4.29. The fraction of sp³-hybridized carbons (Fsp3) is 0.421. The van der Waals surface area contributed by atoms with Gasteiger partial charge in [0.05, 0.1) is 24.4 Å². The first kappa shape index (κ1) is 18.1. The number of fused-ring (bicyclic) bond motifs is 1. The van der Waals surface area contributed by atoms with E-state index in [-0.39, 0.29) is 11.9 Å². The molecule has 0 saturated carbocycles. The van der Waals surface area contributed by atoms with Crippen LogP contribution < -0.4 is 5.32 Å². The van der Waals surface area contributed by atoms with Gasteiger partial charge in [-0.15, -0.1) is 0 Å². The molecule has 1 aliphatic heterocycles. The summed E-state index contributed by atoms with van der Waals surface area (Å²) in [4.78, 5) is 18.6. The molecule has 0 spiro atoms. The van der Waals surface area contributed by atoms with Gasteiger partial charge in [0.2, 0.25) is 5.96 Å². The van der Waals surface area contributed by atoms with Crippen LogP contribution in [-0.4, -0.2) is 53.8 Å². The van der Waals surface area contributed by atoms with Crippen LogP contribution >= 0.6 is 0 Å². The molecular weight excluding hydrogens is 330 g/mol. The number of benzene rings is 1. The molecule has 1 amide bonds. The summed E-state index contributed by atoms with van der Waals surface area (Å²) in [6.07, 6.45) is 4.50. The van der Waals surface area contributed by atoms with Gasteiger partial charge in [0.15, 0.2) is 0 Å². The molecule has 2 N–H and O–H groups in total. The molecule has 138 valence electrons. The van der Waals surface area contributed by atoms with Crippen molar-refractivity contribution in [2.45, 2.75) is 26.3 Å². The standard InChI is InChI=1S/C19H25N5O2/c1-12(2)7-15(11-26-4)21-19-22-17(18(25)24(19)3)9-13-5-6-16-14(8-13)10-20-23-16/h5-6,8-10,12,15H,7,11H2,1-4H3,(H,20,23)(H,21,22)/b17-9-. The molecule has 26 heavy (non-hydrogen) atoms. The molecule has 1 aliphatic rings. The molecule has 2 heterocycles. The molecule has 1 aromatic carbocycles. The zero-order valence-corrected chi connectivity index (χ0v) is 15.6. The number of nitrogens with zero attached hydrogens (tertiary/aromatic N) is 3.